The van der Waals surface area contributed by atoms with E-state index >= 15 is 0 Å². The molecule has 1 N–H and O–H groups in total. The van der Waals surface area contributed by atoms with Crippen molar-refractivity contribution in [3.8, 4) is 10.9 Å². The molecule has 0 aliphatic heterocycles. The van der Waals surface area contributed by atoms with Gasteiger partial charge in [0.15, 0.2) is 5.13 Å². The summed E-state index contributed by atoms with van der Waals surface area (Å²) in [6.45, 7) is 4.65. The largest absolute Gasteiger partial charge is 0.489 e. The molecule has 0 unspecified atom stereocenters. The Morgan fingerprint density at radius 1 is 1.16 bits per heavy atom. The maximum Gasteiger partial charge on any atom is 0.263 e. The summed E-state index contributed by atoms with van der Waals surface area (Å²) < 4.78 is 7.14. The Morgan fingerprint density at radius 3 is 2.68 bits per heavy atom. The number of nitrogens with one attached hydrogen (secondary N) is 1. The molecule has 4 aromatic rings. The number of pyridine rings is 1. The Hall–Kier alpha value is -3.23. The number of nitrogens with zero attached hydrogens (tertiary/aromatic N) is 2. The lowest BCUT2D eigenvalue weighted by atomic mass is 10.2. The van der Waals surface area contributed by atoms with E-state index in [2.05, 4.69) is 10.3 Å². The Kier molecular flexibility index (Phi) is 6.29. The topological polar surface area (TPSA) is 73.2 Å². The zero-order valence-corrected chi connectivity index (χ0v) is 18.8. The molecule has 4 rings (SSSR count). The van der Waals surface area contributed by atoms with Crippen LogP contribution in [-0.2, 0) is 13.2 Å². The average Bonchev–Trinajstić information content (AvgIpc) is 3.36. The van der Waals surface area contributed by atoms with Gasteiger partial charge in [0.05, 0.1) is 12.2 Å². The van der Waals surface area contributed by atoms with E-state index in [0.29, 0.717) is 34.6 Å². The van der Waals surface area contributed by atoms with Crippen LogP contribution in [0.2, 0.25) is 0 Å². The lowest BCUT2D eigenvalue weighted by molar-refractivity contribution is 0.0954. The molecule has 158 valence electrons. The first-order valence-electron chi connectivity index (χ1n) is 9.69. The Labute approximate surface area is 187 Å². The molecule has 0 saturated carbocycles. The monoisotopic (exact) mass is 451 g/mol. The lowest BCUT2D eigenvalue weighted by Gasteiger charge is -2.07. The summed E-state index contributed by atoms with van der Waals surface area (Å²) in [6, 6.07) is 14.9. The van der Waals surface area contributed by atoms with E-state index in [9.17, 15) is 9.59 Å². The summed E-state index contributed by atoms with van der Waals surface area (Å²) in [5.74, 6) is 0.299. The summed E-state index contributed by atoms with van der Waals surface area (Å²) >= 11 is 2.81. The first kappa shape index (κ1) is 21.0. The predicted molar refractivity (Wildman–Crippen MR) is 123 cm³/mol. The average molecular weight is 452 g/mol. The zero-order valence-electron chi connectivity index (χ0n) is 17.1. The Bertz CT molecular complexity index is 1260. The first-order chi connectivity index (χ1) is 15.0. The number of benzene rings is 1. The van der Waals surface area contributed by atoms with E-state index in [1.807, 2.05) is 48.7 Å². The van der Waals surface area contributed by atoms with E-state index in [-0.39, 0.29) is 11.5 Å². The molecular formula is C23H21N3O3S2. The van der Waals surface area contributed by atoms with Crippen molar-refractivity contribution in [1.82, 2.24) is 14.9 Å². The highest BCUT2D eigenvalue weighted by molar-refractivity contribution is 7.16. The molecule has 3 heterocycles. The second-order valence-corrected chi connectivity index (χ2v) is 8.94. The molecule has 0 spiro atoms. The molecule has 3 aromatic heterocycles. The normalized spacial score (nSPS) is 10.8. The third-order valence-electron chi connectivity index (χ3n) is 4.71. The van der Waals surface area contributed by atoms with Crippen LogP contribution >= 0.6 is 22.7 Å². The van der Waals surface area contributed by atoms with Gasteiger partial charge in [-0.3, -0.25) is 14.2 Å². The van der Waals surface area contributed by atoms with Gasteiger partial charge >= 0.3 is 0 Å². The van der Waals surface area contributed by atoms with E-state index in [0.717, 1.165) is 16.0 Å². The highest BCUT2D eigenvalue weighted by atomic mass is 32.1. The summed E-state index contributed by atoms with van der Waals surface area (Å²) in [5, 5.41) is 5.40. The van der Waals surface area contributed by atoms with Crippen molar-refractivity contribution in [3.05, 3.63) is 97.0 Å². The highest BCUT2D eigenvalue weighted by Crippen LogP contribution is 2.22. The minimum Gasteiger partial charge on any atom is -0.489 e. The number of aromatic nitrogens is 2. The number of thiophene rings is 1. The fourth-order valence-electron chi connectivity index (χ4n) is 2.97. The predicted octanol–water partition coefficient (Wildman–Crippen LogP) is 4.48. The van der Waals surface area contributed by atoms with E-state index in [1.54, 1.807) is 30.5 Å². The number of carbonyl (C=O) groups is 1. The molecule has 0 radical (unpaired) electrons. The summed E-state index contributed by atoms with van der Waals surface area (Å²) in [5.41, 5.74) is 2.51. The van der Waals surface area contributed by atoms with Crippen LogP contribution in [-0.4, -0.2) is 15.5 Å². The standard InChI is InChI=1S/C23H21N3O3S2/c1-15-9-11-30-19(15)13-24-22(28)21-16(2)25-23(31-21)26-10-8-18(12-20(26)27)29-14-17-6-4-3-5-7-17/h3-12H,13-14H2,1-2H3,(H,24,28). The number of hydrogen-bond donors (Lipinski definition) is 1. The number of ether oxygens (including phenoxy) is 1. The number of thiazole rings is 1. The van der Waals surface area contributed by atoms with Crippen LogP contribution in [0.1, 0.15) is 31.4 Å². The Balaban J connectivity index is 1.46. The second-order valence-electron chi connectivity index (χ2n) is 6.97. The van der Waals surface area contributed by atoms with Crippen LogP contribution in [0.3, 0.4) is 0 Å². The second kappa shape index (κ2) is 9.28. The number of rotatable bonds is 7. The quantitative estimate of drug-likeness (QED) is 0.450. The van der Waals surface area contributed by atoms with Crippen LogP contribution in [0.15, 0.2) is 64.9 Å². The molecule has 1 aromatic carbocycles. The van der Waals surface area contributed by atoms with E-state index in [4.69, 9.17) is 4.74 Å². The number of hydrogen-bond acceptors (Lipinski definition) is 6. The van der Waals surface area contributed by atoms with Crippen molar-refractivity contribution in [2.45, 2.75) is 27.0 Å². The molecule has 0 saturated heterocycles. The van der Waals surface area contributed by atoms with E-state index < -0.39 is 0 Å². The van der Waals surface area contributed by atoms with Crippen molar-refractivity contribution in [1.29, 1.82) is 0 Å². The summed E-state index contributed by atoms with van der Waals surface area (Å²) in [6.07, 6.45) is 1.62. The van der Waals surface area contributed by atoms with Crippen LogP contribution < -0.4 is 15.6 Å². The third kappa shape index (κ3) is 4.92. The van der Waals surface area contributed by atoms with Gasteiger partial charge in [0.2, 0.25) is 0 Å². The van der Waals surface area contributed by atoms with Gasteiger partial charge in [-0.25, -0.2) is 4.98 Å². The molecule has 0 aliphatic carbocycles. The SMILES string of the molecule is Cc1ccsc1CNC(=O)c1sc(-n2ccc(OCc3ccccc3)cc2=O)nc1C. The third-order valence-corrected chi connectivity index (χ3v) is 6.89. The molecular weight excluding hydrogens is 430 g/mol. The van der Waals surface area contributed by atoms with Gasteiger partial charge in [-0.1, -0.05) is 41.7 Å². The minimum atomic E-state index is -0.263. The summed E-state index contributed by atoms with van der Waals surface area (Å²) in [4.78, 5) is 31.3. The van der Waals surface area contributed by atoms with Gasteiger partial charge in [0.1, 0.15) is 17.2 Å². The number of aryl methyl sites for hydroxylation is 2. The van der Waals surface area contributed by atoms with Crippen LogP contribution in [0.25, 0.3) is 5.13 Å². The van der Waals surface area contributed by atoms with Gasteiger partial charge in [0.25, 0.3) is 11.5 Å². The summed E-state index contributed by atoms with van der Waals surface area (Å²) in [7, 11) is 0. The highest BCUT2D eigenvalue weighted by Gasteiger charge is 2.17. The van der Waals surface area contributed by atoms with Gasteiger partial charge in [-0.15, -0.1) is 11.3 Å². The number of amides is 1. The molecule has 1 amide bonds. The van der Waals surface area contributed by atoms with Gasteiger partial charge < -0.3 is 10.1 Å². The van der Waals surface area contributed by atoms with Crippen molar-refractivity contribution < 1.29 is 9.53 Å². The first-order valence-corrected chi connectivity index (χ1v) is 11.4. The van der Waals surface area contributed by atoms with Crippen LogP contribution in [0.4, 0.5) is 0 Å². The van der Waals surface area contributed by atoms with Gasteiger partial charge in [-0.2, -0.15) is 0 Å². The van der Waals surface area contributed by atoms with Crippen molar-refractivity contribution >= 4 is 28.6 Å². The van der Waals surface area contributed by atoms with Crippen LogP contribution in [0.5, 0.6) is 5.75 Å². The van der Waals surface area contributed by atoms with Gasteiger partial charge in [0, 0.05) is 17.1 Å². The van der Waals surface area contributed by atoms with E-state index in [1.165, 1.54) is 22.0 Å². The van der Waals surface area contributed by atoms with Crippen LogP contribution in [0, 0.1) is 13.8 Å². The Morgan fingerprint density at radius 2 is 1.97 bits per heavy atom. The maximum absolute atomic E-state index is 12.6. The van der Waals surface area contributed by atoms with Crippen molar-refractivity contribution in [2.24, 2.45) is 0 Å². The van der Waals surface area contributed by atoms with Gasteiger partial charge in [-0.05, 0) is 42.5 Å². The zero-order chi connectivity index (χ0) is 21.8. The molecule has 0 bridgehead atoms. The maximum atomic E-state index is 12.6. The molecule has 0 fully saturated rings. The van der Waals surface area contributed by atoms with Crippen molar-refractivity contribution in [3.63, 3.8) is 0 Å². The molecule has 0 aliphatic rings. The molecule has 0 atom stereocenters. The smallest absolute Gasteiger partial charge is 0.263 e. The molecule has 6 nitrogen and oxygen atoms in total. The fraction of sp³-hybridized carbons (Fsp3) is 0.174. The van der Waals surface area contributed by atoms with Crippen molar-refractivity contribution in [2.75, 3.05) is 0 Å². The molecule has 8 heteroatoms. The minimum absolute atomic E-state index is 0.190. The fourth-order valence-corrected chi connectivity index (χ4v) is 4.79. The number of carbonyl (C=O) groups excluding carboxylic acids is 1. The molecule has 31 heavy (non-hydrogen) atoms. The lowest BCUT2D eigenvalue weighted by Crippen LogP contribution is -2.22.